The van der Waals surface area contributed by atoms with Gasteiger partial charge in [0.25, 0.3) is 0 Å². The lowest BCUT2D eigenvalue weighted by molar-refractivity contribution is -0.127. The van der Waals surface area contributed by atoms with E-state index < -0.39 is 29.7 Å². The highest BCUT2D eigenvalue weighted by Crippen LogP contribution is 2.39. The molecule has 5 nitrogen and oxygen atoms in total. The SMILES string of the molecule is O=C1NCCC(C(=O)NC(c2c(F)ccc(Cl)c2F)C2CCCC2)CCO1. The first-order valence-corrected chi connectivity index (χ1v) is 9.69. The lowest BCUT2D eigenvalue weighted by Crippen LogP contribution is -2.41. The predicted molar refractivity (Wildman–Crippen MR) is 96.3 cm³/mol. The van der Waals surface area contributed by atoms with Crippen molar-refractivity contribution in [2.75, 3.05) is 13.2 Å². The Hall–Kier alpha value is -1.89. The van der Waals surface area contributed by atoms with E-state index in [0.29, 0.717) is 19.4 Å². The van der Waals surface area contributed by atoms with Crippen molar-refractivity contribution in [3.63, 3.8) is 0 Å². The van der Waals surface area contributed by atoms with Crippen molar-refractivity contribution in [2.45, 2.75) is 44.6 Å². The molecule has 0 radical (unpaired) electrons. The fourth-order valence-electron chi connectivity index (χ4n) is 3.92. The minimum atomic E-state index is -0.817. The van der Waals surface area contributed by atoms with Crippen LogP contribution in [0.1, 0.15) is 50.1 Å². The Balaban J connectivity index is 1.81. The molecule has 1 aromatic rings. The van der Waals surface area contributed by atoms with E-state index in [0.717, 1.165) is 31.7 Å². The number of amides is 2. The van der Waals surface area contributed by atoms with Crippen LogP contribution in [-0.2, 0) is 9.53 Å². The van der Waals surface area contributed by atoms with Gasteiger partial charge in [-0.05, 0) is 43.7 Å². The van der Waals surface area contributed by atoms with Gasteiger partial charge in [-0.15, -0.1) is 0 Å². The van der Waals surface area contributed by atoms with Gasteiger partial charge in [-0.2, -0.15) is 0 Å². The second-order valence-electron chi connectivity index (χ2n) is 7.12. The van der Waals surface area contributed by atoms with E-state index >= 15 is 0 Å². The molecule has 2 amide bonds. The molecule has 2 unspecified atom stereocenters. The first-order valence-electron chi connectivity index (χ1n) is 9.31. The molecule has 2 fully saturated rings. The van der Waals surface area contributed by atoms with E-state index in [9.17, 15) is 18.4 Å². The quantitative estimate of drug-likeness (QED) is 0.747. The third kappa shape index (κ3) is 4.69. The number of rotatable bonds is 4. The number of hydrogen-bond acceptors (Lipinski definition) is 3. The maximum Gasteiger partial charge on any atom is 0.407 e. The normalized spacial score (nSPS) is 22.3. The summed E-state index contributed by atoms with van der Waals surface area (Å²) < 4.78 is 34.0. The maximum atomic E-state index is 14.6. The van der Waals surface area contributed by atoms with Gasteiger partial charge in [0.15, 0.2) is 0 Å². The molecule has 2 atom stereocenters. The van der Waals surface area contributed by atoms with E-state index in [1.807, 2.05) is 0 Å². The fraction of sp³-hybridized carbons (Fsp3) is 0.579. The van der Waals surface area contributed by atoms with Crippen LogP contribution in [0.3, 0.4) is 0 Å². The third-order valence-corrected chi connectivity index (χ3v) is 5.68. The first-order chi connectivity index (χ1) is 13.0. The van der Waals surface area contributed by atoms with Crippen molar-refractivity contribution in [2.24, 2.45) is 11.8 Å². The molecule has 2 aliphatic rings. The summed E-state index contributed by atoms with van der Waals surface area (Å²) in [6, 6.07) is 1.55. The van der Waals surface area contributed by atoms with Crippen LogP contribution in [0, 0.1) is 23.5 Å². The number of carbonyl (C=O) groups is 2. The van der Waals surface area contributed by atoms with Gasteiger partial charge in [-0.25, -0.2) is 13.6 Å². The smallest absolute Gasteiger partial charge is 0.407 e. The lowest BCUT2D eigenvalue weighted by atomic mass is 9.89. The van der Waals surface area contributed by atoms with Gasteiger partial charge in [0, 0.05) is 18.0 Å². The molecule has 1 aromatic carbocycles. The molecule has 1 aliphatic heterocycles. The number of carbonyl (C=O) groups excluding carboxylic acids is 2. The topological polar surface area (TPSA) is 67.4 Å². The molecule has 1 saturated carbocycles. The van der Waals surface area contributed by atoms with Crippen LogP contribution in [0.4, 0.5) is 13.6 Å². The molecule has 0 spiro atoms. The van der Waals surface area contributed by atoms with Crippen LogP contribution >= 0.6 is 11.6 Å². The van der Waals surface area contributed by atoms with E-state index in [1.54, 1.807) is 0 Å². The highest BCUT2D eigenvalue weighted by Gasteiger charge is 2.34. The summed E-state index contributed by atoms with van der Waals surface area (Å²) in [5.41, 5.74) is -0.168. The van der Waals surface area contributed by atoms with Crippen LogP contribution < -0.4 is 10.6 Å². The van der Waals surface area contributed by atoms with Crippen LogP contribution in [-0.4, -0.2) is 25.2 Å². The number of benzene rings is 1. The molecule has 1 aliphatic carbocycles. The predicted octanol–water partition coefficient (Wildman–Crippen LogP) is 4.10. The van der Waals surface area contributed by atoms with Gasteiger partial charge in [0.1, 0.15) is 11.6 Å². The number of halogens is 3. The van der Waals surface area contributed by atoms with Gasteiger partial charge < -0.3 is 15.4 Å². The molecular formula is C19H23ClF2N2O3. The van der Waals surface area contributed by atoms with Crippen LogP contribution in [0.2, 0.25) is 5.02 Å². The second kappa shape index (κ2) is 8.87. The molecule has 148 valence electrons. The van der Waals surface area contributed by atoms with E-state index in [1.165, 1.54) is 6.07 Å². The molecule has 0 bridgehead atoms. The van der Waals surface area contributed by atoms with Crippen molar-refractivity contribution in [3.8, 4) is 0 Å². The minimum absolute atomic E-state index is 0.0408. The van der Waals surface area contributed by atoms with Gasteiger partial charge in [0.05, 0.1) is 17.7 Å². The zero-order valence-electron chi connectivity index (χ0n) is 14.9. The van der Waals surface area contributed by atoms with Crippen LogP contribution in [0.15, 0.2) is 12.1 Å². The highest BCUT2D eigenvalue weighted by molar-refractivity contribution is 6.30. The van der Waals surface area contributed by atoms with Gasteiger partial charge in [-0.1, -0.05) is 24.4 Å². The van der Waals surface area contributed by atoms with Crippen LogP contribution in [0.5, 0.6) is 0 Å². The zero-order valence-corrected chi connectivity index (χ0v) is 15.7. The van der Waals surface area contributed by atoms with E-state index in [4.69, 9.17) is 16.3 Å². The number of ether oxygens (including phenoxy) is 1. The molecule has 1 heterocycles. The molecule has 8 heteroatoms. The Bertz CT molecular complexity index is 698. The molecule has 1 saturated heterocycles. The first kappa shape index (κ1) is 19.9. The van der Waals surface area contributed by atoms with Gasteiger partial charge in [-0.3, -0.25) is 4.79 Å². The summed E-state index contributed by atoms with van der Waals surface area (Å²) in [6.45, 7) is 0.433. The Morgan fingerprint density at radius 1 is 1.22 bits per heavy atom. The summed E-state index contributed by atoms with van der Waals surface area (Å²) >= 11 is 5.86. The Morgan fingerprint density at radius 3 is 2.70 bits per heavy atom. The summed E-state index contributed by atoms with van der Waals surface area (Å²) in [5, 5.41) is 5.26. The third-order valence-electron chi connectivity index (χ3n) is 5.39. The lowest BCUT2D eigenvalue weighted by Gasteiger charge is -2.29. The van der Waals surface area contributed by atoms with Gasteiger partial charge >= 0.3 is 6.09 Å². The van der Waals surface area contributed by atoms with Crippen molar-refractivity contribution < 1.29 is 23.1 Å². The largest absolute Gasteiger partial charge is 0.450 e. The molecule has 0 aromatic heterocycles. The van der Waals surface area contributed by atoms with Crippen molar-refractivity contribution in [1.29, 1.82) is 0 Å². The Labute approximate surface area is 161 Å². The summed E-state index contributed by atoms with van der Waals surface area (Å²) in [5.74, 6) is -2.25. The molecular weight excluding hydrogens is 378 g/mol. The van der Waals surface area contributed by atoms with Crippen LogP contribution in [0.25, 0.3) is 0 Å². The maximum absolute atomic E-state index is 14.6. The Kier molecular flexibility index (Phi) is 6.52. The average Bonchev–Trinajstić information content (AvgIpc) is 3.15. The van der Waals surface area contributed by atoms with Gasteiger partial charge in [0.2, 0.25) is 5.91 Å². The average molecular weight is 401 g/mol. The van der Waals surface area contributed by atoms with Crippen molar-refractivity contribution >= 4 is 23.6 Å². The number of nitrogens with one attached hydrogen (secondary N) is 2. The van der Waals surface area contributed by atoms with E-state index in [-0.39, 0.29) is 29.0 Å². The highest BCUT2D eigenvalue weighted by atomic mass is 35.5. The fourth-order valence-corrected chi connectivity index (χ4v) is 4.08. The minimum Gasteiger partial charge on any atom is -0.450 e. The molecule has 27 heavy (non-hydrogen) atoms. The molecule has 2 N–H and O–H groups in total. The van der Waals surface area contributed by atoms with Crippen molar-refractivity contribution in [3.05, 3.63) is 34.4 Å². The molecule has 3 rings (SSSR count). The summed E-state index contributed by atoms with van der Waals surface area (Å²) in [4.78, 5) is 24.1. The zero-order chi connectivity index (χ0) is 19.4. The number of hydrogen-bond donors (Lipinski definition) is 2. The Morgan fingerprint density at radius 2 is 1.96 bits per heavy atom. The number of alkyl carbamates (subject to hydrolysis) is 1. The standard InChI is InChI=1S/C19H23ClF2N2O3/c20-13-5-6-14(21)15(16(13)22)17(11-3-1-2-4-11)24-18(25)12-7-9-23-19(26)27-10-8-12/h5-6,11-12,17H,1-4,7-10H2,(H,23,26)(H,24,25). The number of cyclic esters (lactones) is 1. The summed E-state index contributed by atoms with van der Waals surface area (Å²) in [7, 11) is 0. The second-order valence-corrected chi connectivity index (χ2v) is 7.53. The monoisotopic (exact) mass is 400 g/mol. The summed E-state index contributed by atoms with van der Waals surface area (Å²) in [6.07, 6.45) is 3.82. The van der Waals surface area contributed by atoms with E-state index in [2.05, 4.69) is 10.6 Å². The van der Waals surface area contributed by atoms with Crippen molar-refractivity contribution in [1.82, 2.24) is 10.6 Å².